The number of fused-ring (bicyclic) bond motifs is 2. The second-order valence-electron chi connectivity index (χ2n) is 14.7. The summed E-state index contributed by atoms with van der Waals surface area (Å²) < 4.78 is 0. The fourth-order valence-corrected chi connectivity index (χ4v) is 4.49. The quantitative estimate of drug-likeness (QED) is 0.155. The topological polar surface area (TPSA) is 282 Å². The summed E-state index contributed by atoms with van der Waals surface area (Å²) in [5.74, 6) is -2.38. The second kappa shape index (κ2) is 15.7. The molecule has 21 nitrogen and oxygen atoms in total. The number of hydrogen-bond acceptors (Lipinski definition) is 10. The molecule has 0 spiro atoms. The summed E-state index contributed by atoms with van der Waals surface area (Å²) in [6, 6.07) is 6.90. The zero-order valence-electron chi connectivity index (χ0n) is 32.0. The van der Waals surface area contributed by atoms with Crippen molar-refractivity contribution in [3.8, 4) is 0 Å². The monoisotopic (exact) mass is 767 g/mol. The van der Waals surface area contributed by atoms with Gasteiger partial charge in [-0.05, 0) is 73.6 Å². The molecule has 12 amide bonds. The van der Waals surface area contributed by atoms with E-state index in [1.54, 1.807) is 24.3 Å². The molecule has 2 aliphatic heterocycles. The van der Waals surface area contributed by atoms with E-state index >= 15 is 0 Å². The average Bonchev–Trinajstić information content (AvgIpc) is 3.07. The highest BCUT2D eigenvalue weighted by atomic mass is 16.6. The van der Waals surface area contributed by atoms with Gasteiger partial charge in [0.15, 0.2) is 0 Å². The van der Waals surface area contributed by atoms with Crippen LogP contribution in [0, 0.1) is 10.1 Å². The Labute approximate surface area is 315 Å². The van der Waals surface area contributed by atoms with E-state index in [9.17, 15) is 48.5 Å². The maximum Gasteiger partial charge on any atom is 0.326 e. The fourth-order valence-electron chi connectivity index (χ4n) is 4.49. The Morgan fingerprint density at radius 1 is 0.473 bits per heavy atom. The number of nitrogens with one attached hydrogen (secondary N) is 8. The van der Waals surface area contributed by atoms with Crippen LogP contribution in [-0.2, 0) is 19.2 Å². The van der Waals surface area contributed by atoms with Gasteiger partial charge < -0.3 is 42.5 Å². The van der Waals surface area contributed by atoms with Gasteiger partial charge in [-0.15, -0.1) is 0 Å². The van der Waals surface area contributed by atoms with E-state index in [1.807, 2.05) is 0 Å². The van der Waals surface area contributed by atoms with Crippen LogP contribution in [-0.4, -0.2) is 98.7 Å². The van der Waals surface area contributed by atoms with E-state index in [0.717, 1.165) is 17.0 Å². The van der Waals surface area contributed by atoms with E-state index in [1.165, 1.54) is 75.6 Å². The third kappa shape index (κ3) is 10.2. The Kier molecular flexibility index (Phi) is 12.1. The molecule has 0 atom stereocenters. The molecule has 2 aromatic rings. The molecule has 0 fully saturated rings. The van der Waals surface area contributed by atoms with Gasteiger partial charge in [0.2, 0.25) is 23.6 Å². The summed E-state index contributed by atoms with van der Waals surface area (Å²) in [4.78, 5) is 112. The molecule has 2 heterocycles. The van der Waals surface area contributed by atoms with Gasteiger partial charge >= 0.3 is 24.1 Å². The number of rotatable bonds is 1. The third-order valence-corrected chi connectivity index (χ3v) is 8.30. The van der Waals surface area contributed by atoms with Crippen molar-refractivity contribution < 1.29 is 43.3 Å². The van der Waals surface area contributed by atoms with Crippen LogP contribution in [0.4, 0.5) is 47.6 Å². The summed E-state index contributed by atoms with van der Waals surface area (Å²) >= 11 is 0. The van der Waals surface area contributed by atoms with Crippen LogP contribution in [0.1, 0.15) is 55.4 Å². The molecule has 0 radical (unpaired) electrons. The molecule has 0 saturated heterocycles. The van der Waals surface area contributed by atoms with E-state index in [-0.39, 0.29) is 17.1 Å². The number of carbonyl (C=O) groups excluding carboxylic acids is 8. The maximum absolute atomic E-state index is 12.7. The Balaban J connectivity index is 0.000000297. The third-order valence-electron chi connectivity index (χ3n) is 8.30. The highest BCUT2D eigenvalue weighted by Gasteiger charge is 2.38. The number of para-hydroxylation sites is 2. The highest BCUT2D eigenvalue weighted by molar-refractivity contribution is 6.09. The Bertz CT molecular complexity index is 1900. The molecule has 0 bridgehead atoms. The number of amides is 12. The largest absolute Gasteiger partial charge is 0.326 e. The zero-order valence-corrected chi connectivity index (χ0v) is 32.0. The maximum atomic E-state index is 12.7. The predicted octanol–water partition coefficient (Wildman–Crippen LogP) is 2.88. The number of hydrogen-bond donors (Lipinski definition) is 8. The minimum absolute atomic E-state index is 0.0328. The van der Waals surface area contributed by atoms with E-state index < -0.39 is 74.8 Å². The van der Waals surface area contributed by atoms with Crippen molar-refractivity contribution in [1.82, 2.24) is 31.1 Å². The molecule has 296 valence electrons. The van der Waals surface area contributed by atoms with E-state index in [4.69, 9.17) is 0 Å². The van der Waals surface area contributed by atoms with Crippen LogP contribution >= 0.6 is 0 Å². The molecule has 4 rings (SSSR count). The standard InChI is InChI=1S/C17H22N6O6.C17H23N5O4/c1-16(2)12(24)18-10-7-6-9(23(28)29)8-11(10)19-13(25)17(3,4)21-15(27)22(5)14(26)20-16;1-16(2)12(23)18-10-8-6-7-9-11(10)19-13(24)17(3,4)21-15(26)22(5)14(25)20-16/h6-8H,1-5H3,(H,18,24)(H,19,25)(H,20,26)(H,21,27);6-9H,1-5H3,(H,18,23)(H,19,24)(H,20,25)(H,21,26). The molecule has 21 heteroatoms. The molecule has 0 unspecified atom stereocenters. The van der Waals surface area contributed by atoms with Crippen molar-refractivity contribution in [3.05, 3.63) is 52.6 Å². The molecule has 2 aliphatic rings. The lowest BCUT2D eigenvalue weighted by molar-refractivity contribution is -0.384. The first-order chi connectivity index (χ1) is 25.2. The number of imide groups is 2. The molecule has 0 saturated carbocycles. The molecule has 2 aromatic carbocycles. The molecule has 8 N–H and O–H groups in total. The van der Waals surface area contributed by atoms with Gasteiger partial charge in [-0.3, -0.25) is 29.3 Å². The number of non-ortho nitro benzene ring substituents is 1. The van der Waals surface area contributed by atoms with Crippen LogP contribution < -0.4 is 42.5 Å². The van der Waals surface area contributed by atoms with Crippen LogP contribution in [0.25, 0.3) is 0 Å². The minimum atomic E-state index is -1.49. The lowest BCUT2D eigenvalue weighted by Gasteiger charge is -2.29. The number of benzene rings is 2. The average molecular weight is 768 g/mol. The number of anilines is 4. The van der Waals surface area contributed by atoms with E-state index in [0.29, 0.717) is 16.3 Å². The summed E-state index contributed by atoms with van der Waals surface area (Å²) in [7, 11) is 2.44. The summed E-state index contributed by atoms with van der Waals surface area (Å²) in [5, 5.41) is 31.3. The van der Waals surface area contributed by atoms with Crippen molar-refractivity contribution in [1.29, 1.82) is 0 Å². The van der Waals surface area contributed by atoms with Crippen LogP contribution in [0.15, 0.2) is 42.5 Å². The lowest BCUT2D eigenvalue weighted by atomic mass is 10.0. The van der Waals surface area contributed by atoms with Gasteiger partial charge in [0.1, 0.15) is 22.2 Å². The Morgan fingerprint density at radius 2 is 0.745 bits per heavy atom. The van der Waals surface area contributed by atoms with E-state index in [2.05, 4.69) is 42.5 Å². The number of nitro groups is 1. The number of urea groups is 4. The first-order valence-electron chi connectivity index (χ1n) is 16.6. The number of nitrogens with zero attached hydrogens (tertiary/aromatic N) is 3. The number of nitro benzene ring substituents is 1. The van der Waals surface area contributed by atoms with Crippen molar-refractivity contribution in [2.24, 2.45) is 0 Å². The summed E-state index contributed by atoms with van der Waals surface area (Å²) in [6.07, 6.45) is 0. The van der Waals surface area contributed by atoms with Crippen molar-refractivity contribution in [3.63, 3.8) is 0 Å². The Morgan fingerprint density at radius 3 is 1.04 bits per heavy atom. The predicted molar refractivity (Wildman–Crippen MR) is 200 cm³/mol. The van der Waals surface area contributed by atoms with Crippen LogP contribution in [0.3, 0.4) is 0 Å². The molecule has 0 aromatic heterocycles. The van der Waals surface area contributed by atoms with Gasteiger partial charge in [-0.2, -0.15) is 0 Å². The van der Waals surface area contributed by atoms with Gasteiger partial charge in [0, 0.05) is 26.2 Å². The lowest BCUT2D eigenvalue weighted by Crippen LogP contribution is -2.60. The number of carbonyl (C=O) groups is 8. The molecule has 55 heavy (non-hydrogen) atoms. The van der Waals surface area contributed by atoms with Gasteiger partial charge in [0.05, 0.1) is 27.7 Å². The fraction of sp³-hybridized carbons (Fsp3) is 0.412. The second-order valence-corrected chi connectivity index (χ2v) is 14.7. The minimum Gasteiger partial charge on any atom is -0.324 e. The highest BCUT2D eigenvalue weighted by Crippen LogP contribution is 2.29. The van der Waals surface area contributed by atoms with Crippen LogP contribution in [0.2, 0.25) is 0 Å². The van der Waals surface area contributed by atoms with Crippen LogP contribution in [0.5, 0.6) is 0 Å². The molecular formula is C34H45N11O10. The SMILES string of the molecule is CN1C(=O)NC(C)(C)C(=O)Nc2ccc([N+](=O)[O-])cc2NC(=O)C(C)(C)NC1=O.CN1C(=O)NC(C)(C)C(=O)Nc2ccccc2NC(=O)C(C)(C)NC1=O. The molecule has 0 aliphatic carbocycles. The first kappa shape index (κ1) is 42.6. The smallest absolute Gasteiger partial charge is 0.324 e. The Hall–Kier alpha value is -6.80. The summed E-state index contributed by atoms with van der Waals surface area (Å²) in [6.45, 7) is 11.7. The first-order valence-corrected chi connectivity index (χ1v) is 16.6. The van der Waals surface area contributed by atoms with Crippen molar-refractivity contribution >= 4 is 76.2 Å². The van der Waals surface area contributed by atoms with Gasteiger partial charge in [-0.25, -0.2) is 29.0 Å². The van der Waals surface area contributed by atoms with Crippen molar-refractivity contribution in [2.75, 3.05) is 35.4 Å². The summed E-state index contributed by atoms with van der Waals surface area (Å²) in [5.41, 5.74) is -5.03. The van der Waals surface area contributed by atoms with Gasteiger partial charge in [0.25, 0.3) is 5.69 Å². The van der Waals surface area contributed by atoms with Gasteiger partial charge in [-0.1, -0.05) is 12.1 Å². The van der Waals surface area contributed by atoms with Crippen molar-refractivity contribution in [2.45, 2.75) is 77.5 Å². The normalized spacial score (nSPS) is 19.7. The zero-order chi connectivity index (χ0) is 41.8. The molecular weight excluding hydrogens is 722 g/mol.